The van der Waals surface area contributed by atoms with Crippen molar-refractivity contribution in [3.05, 3.63) is 170 Å². The van der Waals surface area contributed by atoms with E-state index < -0.39 is 0 Å². The highest BCUT2D eigenvalue weighted by Gasteiger charge is 2.31. The summed E-state index contributed by atoms with van der Waals surface area (Å²) in [5.74, 6) is 0. The molecular weight excluding hydrogens is 705 g/mol. The van der Waals surface area contributed by atoms with Gasteiger partial charge in [-0.2, -0.15) is 0 Å². The second kappa shape index (κ2) is 10.1. The SMILES string of the molecule is c1ccc(-c2c3c4cccc5c6c7[nH]c8ccccc8c7ccc6n(c3c(-c3ccccc3)c3c6cccc7c8c9[nH]c%10ccccc%10c9ccc8n(c23)c67)c45)cc1. The topological polar surface area (TPSA) is 40.4 Å². The first-order valence-corrected chi connectivity index (χ1v) is 20.1. The Bertz CT molecular complexity index is 3960. The zero-order valence-electron chi connectivity index (χ0n) is 31.1. The molecule has 9 aromatic carbocycles. The van der Waals surface area contributed by atoms with Crippen molar-refractivity contribution in [1.29, 1.82) is 0 Å². The number of aromatic nitrogens is 4. The van der Waals surface area contributed by atoms with Crippen LogP contribution in [0.3, 0.4) is 0 Å². The molecule has 0 aliphatic carbocycles. The molecule has 6 aromatic heterocycles. The Labute approximate surface area is 329 Å². The van der Waals surface area contributed by atoms with Gasteiger partial charge in [0.05, 0.1) is 44.1 Å². The van der Waals surface area contributed by atoms with Crippen LogP contribution in [-0.2, 0) is 0 Å². The van der Waals surface area contributed by atoms with Crippen LogP contribution < -0.4 is 0 Å². The van der Waals surface area contributed by atoms with E-state index in [-0.39, 0.29) is 0 Å². The first-order valence-electron chi connectivity index (χ1n) is 20.1. The Morgan fingerprint density at radius 1 is 0.276 bits per heavy atom. The molecule has 266 valence electrons. The van der Waals surface area contributed by atoms with Gasteiger partial charge >= 0.3 is 0 Å². The van der Waals surface area contributed by atoms with E-state index in [0.29, 0.717) is 0 Å². The minimum Gasteiger partial charge on any atom is -0.354 e. The molecule has 0 atom stereocenters. The Balaban J connectivity index is 1.26. The smallest absolute Gasteiger partial charge is 0.0634 e. The lowest BCUT2D eigenvalue weighted by molar-refractivity contribution is 1.36. The van der Waals surface area contributed by atoms with Crippen LogP contribution in [0.1, 0.15) is 0 Å². The Morgan fingerprint density at radius 3 is 1.10 bits per heavy atom. The van der Waals surface area contributed by atoms with E-state index in [4.69, 9.17) is 0 Å². The molecule has 0 saturated heterocycles. The summed E-state index contributed by atoms with van der Waals surface area (Å²) in [6.45, 7) is 0. The molecule has 0 radical (unpaired) electrons. The Hall–Kier alpha value is -7.82. The molecule has 2 N–H and O–H groups in total. The van der Waals surface area contributed by atoms with Crippen molar-refractivity contribution >= 4 is 120 Å². The van der Waals surface area contributed by atoms with Crippen LogP contribution in [0.25, 0.3) is 142 Å². The van der Waals surface area contributed by atoms with E-state index in [1.807, 2.05) is 0 Å². The maximum atomic E-state index is 3.86. The minimum atomic E-state index is 1.17. The summed E-state index contributed by atoms with van der Waals surface area (Å²) in [5, 5.41) is 15.3. The first kappa shape index (κ1) is 29.5. The van der Waals surface area contributed by atoms with Gasteiger partial charge in [-0.3, -0.25) is 0 Å². The molecule has 0 aliphatic heterocycles. The van der Waals surface area contributed by atoms with E-state index in [1.54, 1.807) is 0 Å². The summed E-state index contributed by atoms with van der Waals surface area (Å²) < 4.78 is 5.21. The van der Waals surface area contributed by atoms with Gasteiger partial charge in [0, 0.05) is 86.8 Å². The van der Waals surface area contributed by atoms with Gasteiger partial charge in [0.15, 0.2) is 0 Å². The first-order chi connectivity index (χ1) is 28.8. The largest absolute Gasteiger partial charge is 0.354 e. The molecule has 15 aromatic rings. The number of benzene rings is 9. The fraction of sp³-hybridized carbons (Fsp3) is 0. The van der Waals surface area contributed by atoms with Gasteiger partial charge < -0.3 is 18.8 Å². The number of H-pyrrole nitrogens is 2. The van der Waals surface area contributed by atoms with Crippen LogP contribution in [0.4, 0.5) is 0 Å². The van der Waals surface area contributed by atoms with Gasteiger partial charge in [0.2, 0.25) is 0 Å². The van der Waals surface area contributed by atoms with Gasteiger partial charge in [0.1, 0.15) is 0 Å². The standard InChI is InChI=1S/C54H30N4/c1-3-13-29(14-4-1)43-47-37-21-11-19-35-46-42(28-26-34-32-18-8-10-24-40(32)56-50(34)46)58(51(35)37)54(47)44(30-15-5-2-6-16-30)48-38-22-12-20-36-45-41(57(52(36)38)53(43)48)27-25-33-31-17-7-9-23-39(31)55-49(33)45/h1-28,55-56H. The van der Waals surface area contributed by atoms with Crippen LogP contribution in [0.2, 0.25) is 0 Å². The van der Waals surface area contributed by atoms with Crippen molar-refractivity contribution in [3.8, 4) is 22.3 Å². The quantitative estimate of drug-likeness (QED) is 0.178. The highest BCUT2D eigenvalue weighted by Crippen LogP contribution is 2.55. The van der Waals surface area contributed by atoms with Crippen molar-refractivity contribution in [1.82, 2.24) is 18.8 Å². The molecule has 6 heterocycles. The van der Waals surface area contributed by atoms with Crippen LogP contribution in [0, 0.1) is 0 Å². The summed E-state index contributed by atoms with van der Waals surface area (Å²) in [7, 11) is 0. The van der Waals surface area contributed by atoms with Crippen LogP contribution in [0.15, 0.2) is 170 Å². The normalized spacial score (nSPS) is 12.8. The van der Waals surface area contributed by atoms with Crippen molar-refractivity contribution in [2.24, 2.45) is 0 Å². The molecule has 0 bridgehead atoms. The van der Waals surface area contributed by atoms with Crippen molar-refractivity contribution in [3.63, 3.8) is 0 Å². The number of para-hydroxylation sites is 4. The second-order valence-corrected chi connectivity index (χ2v) is 16.1. The highest BCUT2D eigenvalue weighted by molar-refractivity contribution is 6.40. The van der Waals surface area contributed by atoms with Crippen molar-refractivity contribution < 1.29 is 0 Å². The summed E-state index contributed by atoms with van der Waals surface area (Å²) in [4.78, 5) is 7.72. The summed E-state index contributed by atoms with van der Waals surface area (Å²) in [5.41, 5.74) is 17.2. The zero-order chi connectivity index (χ0) is 37.4. The minimum absolute atomic E-state index is 1.17. The summed E-state index contributed by atoms with van der Waals surface area (Å²) >= 11 is 0. The highest BCUT2D eigenvalue weighted by atomic mass is 14.9. The fourth-order valence-corrected chi connectivity index (χ4v) is 11.3. The average molecular weight is 735 g/mol. The molecule has 0 aliphatic rings. The van der Waals surface area contributed by atoms with Crippen LogP contribution >= 0.6 is 0 Å². The fourth-order valence-electron chi connectivity index (χ4n) is 11.3. The lowest BCUT2D eigenvalue weighted by Gasteiger charge is -2.16. The number of nitrogens with zero attached hydrogens (tertiary/aromatic N) is 2. The molecule has 0 saturated carbocycles. The van der Waals surface area contributed by atoms with Crippen LogP contribution in [0.5, 0.6) is 0 Å². The molecule has 15 rings (SSSR count). The number of rotatable bonds is 2. The average Bonchev–Trinajstić information content (AvgIpc) is 4.12. The maximum absolute atomic E-state index is 3.86. The molecule has 0 fully saturated rings. The zero-order valence-corrected chi connectivity index (χ0v) is 31.1. The summed E-state index contributed by atoms with van der Waals surface area (Å²) in [6, 6.07) is 62.9. The van der Waals surface area contributed by atoms with E-state index in [0.717, 1.165) is 0 Å². The number of aromatic amines is 2. The van der Waals surface area contributed by atoms with Gasteiger partial charge in [-0.1, -0.05) is 146 Å². The number of hydrogen-bond acceptors (Lipinski definition) is 0. The monoisotopic (exact) mass is 734 g/mol. The van der Waals surface area contributed by atoms with Gasteiger partial charge in [-0.15, -0.1) is 0 Å². The third-order valence-corrected chi connectivity index (χ3v) is 13.4. The van der Waals surface area contributed by atoms with Gasteiger partial charge in [0.25, 0.3) is 0 Å². The predicted octanol–water partition coefficient (Wildman–Crippen LogP) is 14.6. The second-order valence-electron chi connectivity index (χ2n) is 16.1. The number of hydrogen-bond donors (Lipinski definition) is 2. The lowest BCUT2D eigenvalue weighted by Crippen LogP contribution is -1.93. The predicted molar refractivity (Wildman–Crippen MR) is 245 cm³/mol. The van der Waals surface area contributed by atoms with E-state index in [1.165, 1.54) is 142 Å². The van der Waals surface area contributed by atoms with Gasteiger partial charge in [-0.05, 0) is 35.4 Å². The molecule has 0 amide bonds. The van der Waals surface area contributed by atoms with Crippen molar-refractivity contribution in [2.75, 3.05) is 0 Å². The molecule has 4 heteroatoms. The molecule has 4 nitrogen and oxygen atoms in total. The number of nitrogens with one attached hydrogen (secondary N) is 2. The third-order valence-electron chi connectivity index (χ3n) is 13.4. The molecule has 0 unspecified atom stereocenters. The third kappa shape index (κ3) is 3.30. The van der Waals surface area contributed by atoms with Crippen LogP contribution in [-0.4, -0.2) is 18.8 Å². The van der Waals surface area contributed by atoms with Gasteiger partial charge in [-0.25, -0.2) is 0 Å². The van der Waals surface area contributed by atoms with Crippen molar-refractivity contribution in [2.45, 2.75) is 0 Å². The van der Waals surface area contributed by atoms with E-state index in [2.05, 4.69) is 189 Å². The maximum Gasteiger partial charge on any atom is 0.0634 e. The summed E-state index contributed by atoms with van der Waals surface area (Å²) in [6.07, 6.45) is 0. The molecule has 58 heavy (non-hydrogen) atoms. The lowest BCUT2D eigenvalue weighted by atomic mass is 9.89. The molecule has 0 spiro atoms. The Kier molecular flexibility index (Phi) is 5.14. The van der Waals surface area contributed by atoms with E-state index >= 15 is 0 Å². The van der Waals surface area contributed by atoms with E-state index in [9.17, 15) is 0 Å². The Morgan fingerprint density at radius 2 is 0.655 bits per heavy atom. The molecular formula is C54H30N4. The number of fused-ring (bicyclic) bond motifs is 20.